The predicted octanol–water partition coefficient (Wildman–Crippen LogP) is 10.0. The van der Waals surface area contributed by atoms with Crippen LogP contribution in [-0.4, -0.2) is 53.6 Å². The van der Waals surface area contributed by atoms with Gasteiger partial charge in [0.1, 0.15) is 24.4 Å². The molecule has 0 bridgehead atoms. The number of hydrogen-bond acceptors (Lipinski definition) is 7. The highest BCUT2D eigenvalue weighted by atomic mass is 35.5. The van der Waals surface area contributed by atoms with Crippen molar-refractivity contribution in [3.63, 3.8) is 0 Å². The SMILES string of the molecule is COc1ccc(Cc2cc([C@]3(OC)O[C@H](CO[Si](C)(C)C)[C@@H](OCc4ccccc4)[C@@H](OCc4ccccc4)C3OCc3ccccc3)ccc2Cl)c(F)c1F. The summed E-state index contributed by atoms with van der Waals surface area (Å²) in [6.07, 6.45) is -3.09. The van der Waals surface area contributed by atoms with Crippen molar-refractivity contribution in [1.82, 2.24) is 0 Å². The van der Waals surface area contributed by atoms with Crippen LogP contribution >= 0.6 is 11.6 Å². The van der Waals surface area contributed by atoms with Gasteiger partial charge in [-0.05, 0) is 65.7 Å². The molecule has 296 valence electrons. The summed E-state index contributed by atoms with van der Waals surface area (Å²) in [6, 6.07) is 37.8. The van der Waals surface area contributed by atoms with E-state index < -0.39 is 50.2 Å². The van der Waals surface area contributed by atoms with Gasteiger partial charge in [-0.3, -0.25) is 0 Å². The molecule has 1 aliphatic rings. The maximum Gasteiger partial charge on any atom is 0.225 e. The lowest BCUT2D eigenvalue weighted by Gasteiger charge is -2.52. The van der Waals surface area contributed by atoms with E-state index in [0.717, 1.165) is 16.7 Å². The fourth-order valence-electron chi connectivity index (χ4n) is 6.82. The lowest BCUT2D eigenvalue weighted by Crippen LogP contribution is -2.66. The van der Waals surface area contributed by atoms with Gasteiger partial charge in [-0.1, -0.05) is 115 Å². The van der Waals surface area contributed by atoms with Crippen LogP contribution in [0.2, 0.25) is 24.7 Å². The van der Waals surface area contributed by atoms with Crippen molar-refractivity contribution in [1.29, 1.82) is 0 Å². The summed E-state index contributed by atoms with van der Waals surface area (Å²) in [4.78, 5) is 0. The van der Waals surface area contributed by atoms with Gasteiger partial charge in [-0.25, -0.2) is 4.39 Å². The van der Waals surface area contributed by atoms with Gasteiger partial charge in [0.2, 0.25) is 11.6 Å². The van der Waals surface area contributed by atoms with E-state index in [1.54, 1.807) is 25.3 Å². The van der Waals surface area contributed by atoms with E-state index in [9.17, 15) is 4.39 Å². The van der Waals surface area contributed by atoms with Crippen molar-refractivity contribution in [2.75, 3.05) is 20.8 Å². The zero-order valence-corrected chi connectivity index (χ0v) is 34.1. The first-order valence-electron chi connectivity index (χ1n) is 18.6. The standard InChI is InChI=1S/C45H49ClF2O7Si/c1-49-38-24-21-34(40(47)41(38)48)25-35-26-36(22-23-37(35)46)45(50-2)44(53-29-33-19-13-8-14-20-33)43(52-28-32-17-11-7-12-18-32)42(39(55-45)30-54-56(3,4)5)51-27-31-15-9-6-10-16-31/h6-24,26,39,42-44H,25,27-30H2,1-5H3/t39-,42-,43-,44?,45+/m1/s1. The molecule has 5 atom stereocenters. The van der Waals surface area contributed by atoms with Gasteiger partial charge in [-0.2, -0.15) is 4.39 Å². The van der Waals surface area contributed by atoms with E-state index in [1.807, 2.05) is 91.0 Å². The van der Waals surface area contributed by atoms with Gasteiger partial charge in [0, 0.05) is 24.1 Å². The Labute approximate surface area is 334 Å². The molecule has 11 heteroatoms. The van der Waals surface area contributed by atoms with E-state index in [1.165, 1.54) is 19.2 Å². The molecule has 0 aromatic heterocycles. The molecule has 0 aliphatic carbocycles. The molecule has 0 N–H and O–H groups in total. The second-order valence-corrected chi connectivity index (χ2v) is 19.6. The molecular weight excluding hydrogens is 754 g/mol. The van der Waals surface area contributed by atoms with Gasteiger partial charge >= 0.3 is 0 Å². The number of benzene rings is 5. The number of hydrogen-bond donors (Lipinski definition) is 0. The Morgan fingerprint density at radius 1 is 0.661 bits per heavy atom. The fourth-order valence-corrected chi connectivity index (χ4v) is 7.66. The van der Waals surface area contributed by atoms with Crippen LogP contribution in [0, 0.1) is 11.6 Å². The Balaban J connectivity index is 1.47. The van der Waals surface area contributed by atoms with Crippen LogP contribution in [0.5, 0.6) is 5.75 Å². The van der Waals surface area contributed by atoms with Crippen LogP contribution in [0.25, 0.3) is 0 Å². The topological polar surface area (TPSA) is 64.6 Å². The molecule has 1 saturated heterocycles. The lowest BCUT2D eigenvalue weighted by atomic mass is 9.86. The third-order valence-electron chi connectivity index (χ3n) is 9.69. The normalized spacial score (nSPS) is 21.2. The molecule has 0 radical (unpaired) electrons. The number of ether oxygens (including phenoxy) is 6. The van der Waals surface area contributed by atoms with Crippen molar-refractivity contribution >= 4 is 19.9 Å². The van der Waals surface area contributed by atoms with Crippen molar-refractivity contribution < 1.29 is 41.6 Å². The molecule has 1 aliphatic heterocycles. The monoisotopic (exact) mass is 802 g/mol. The number of halogens is 3. The van der Waals surface area contributed by atoms with E-state index >= 15 is 4.39 Å². The molecule has 0 spiro atoms. The fraction of sp³-hybridized carbons (Fsp3) is 0.333. The average molecular weight is 803 g/mol. The Hall–Kier alpha value is -3.97. The van der Waals surface area contributed by atoms with Crippen LogP contribution in [0.4, 0.5) is 8.78 Å². The van der Waals surface area contributed by atoms with Crippen LogP contribution in [0.1, 0.15) is 33.4 Å². The first kappa shape index (κ1) is 41.7. The largest absolute Gasteiger partial charge is 0.494 e. The zero-order chi connectivity index (χ0) is 39.7. The Kier molecular flexibility index (Phi) is 14.1. The van der Waals surface area contributed by atoms with Crippen LogP contribution in [0.3, 0.4) is 0 Å². The van der Waals surface area contributed by atoms with Gasteiger partial charge in [0.05, 0.1) is 33.5 Å². The summed E-state index contributed by atoms with van der Waals surface area (Å²) in [5, 5.41) is 0.354. The van der Waals surface area contributed by atoms with Gasteiger partial charge in [-0.15, -0.1) is 0 Å². The molecule has 0 saturated carbocycles. The molecule has 0 amide bonds. The molecule has 5 aromatic carbocycles. The highest BCUT2D eigenvalue weighted by Gasteiger charge is 2.58. The molecule has 1 fully saturated rings. The number of methoxy groups -OCH3 is 2. The summed E-state index contributed by atoms with van der Waals surface area (Å²) >= 11 is 6.79. The minimum Gasteiger partial charge on any atom is -0.494 e. The molecule has 5 aromatic rings. The van der Waals surface area contributed by atoms with Crippen molar-refractivity contribution in [3.8, 4) is 5.75 Å². The average Bonchev–Trinajstić information content (AvgIpc) is 3.21. The Bertz CT molecular complexity index is 2000. The van der Waals surface area contributed by atoms with Crippen molar-refractivity contribution in [2.45, 2.75) is 76.1 Å². The van der Waals surface area contributed by atoms with E-state index in [4.69, 9.17) is 44.4 Å². The van der Waals surface area contributed by atoms with Crippen LogP contribution < -0.4 is 4.74 Å². The lowest BCUT2D eigenvalue weighted by molar-refractivity contribution is -0.384. The van der Waals surface area contributed by atoms with Gasteiger partial charge in [0.25, 0.3) is 0 Å². The molecular formula is C45H49ClF2O7Si. The summed E-state index contributed by atoms with van der Waals surface area (Å²) in [6.45, 7) is 7.25. The summed E-state index contributed by atoms with van der Waals surface area (Å²) in [7, 11) is 0.767. The smallest absolute Gasteiger partial charge is 0.225 e. The quantitative estimate of drug-likeness (QED) is 0.0868. The molecule has 56 heavy (non-hydrogen) atoms. The Morgan fingerprint density at radius 3 is 1.75 bits per heavy atom. The first-order valence-corrected chi connectivity index (χ1v) is 22.4. The second-order valence-electron chi connectivity index (χ2n) is 14.7. The highest BCUT2D eigenvalue weighted by molar-refractivity contribution is 6.69. The number of rotatable bonds is 17. The maximum absolute atomic E-state index is 15.3. The van der Waals surface area contributed by atoms with E-state index in [0.29, 0.717) is 16.1 Å². The van der Waals surface area contributed by atoms with Gasteiger partial charge in [0.15, 0.2) is 19.9 Å². The molecule has 7 nitrogen and oxygen atoms in total. The highest BCUT2D eigenvalue weighted by Crippen LogP contribution is 2.45. The minimum absolute atomic E-state index is 0.0202. The maximum atomic E-state index is 15.3. The zero-order valence-electron chi connectivity index (χ0n) is 32.4. The third kappa shape index (κ3) is 10.1. The van der Waals surface area contributed by atoms with Gasteiger partial charge < -0.3 is 32.8 Å². The first-order chi connectivity index (χ1) is 27.0. The summed E-state index contributed by atoms with van der Waals surface area (Å²) in [5.41, 5.74) is 4.04. The Morgan fingerprint density at radius 2 is 1.21 bits per heavy atom. The minimum atomic E-state index is -2.08. The third-order valence-corrected chi connectivity index (χ3v) is 11.1. The molecule has 1 unspecified atom stereocenters. The second kappa shape index (κ2) is 19.0. The summed E-state index contributed by atoms with van der Waals surface area (Å²) < 4.78 is 76.0. The van der Waals surface area contributed by atoms with Crippen molar-refractivity contribution in [3.05, 3.63) is 171 Å². The van der Waals surface area contributed by atoms with E-state index in [2.05, 4.69) is 19.6 Å². The van der Waals surface area contributed by atoms with Crippen molar-refractivity contribution in [2.24, 2.45) is 0 Å². The van der Waals surface area contributed by atoms with E-state index in [-0.39, 0.29) is 44.2 Å². The molecule has 1 heterocycles. The summed E-state index contributed by atoms with van der Waals surface area (Å²) in [5.74, 6) is -3.88. The molecule has 6 rings (SSSR count). The van der Waals surface area contributed by atoms with Crippen LogP contribution in [-0.2, 0) is 60.1 Å². The predicted molar refractivity (Wildman–Crippen MR) is 215 cm³/mol. The van der Waals surface area contributed by atoms with Crippen LogP contribution in [0.15, 0.2) is 121 Å².